The van der Waals surface area contributed by atoms with Gasteiger partial charge in [-0.15, -0.1) is 0 Å². The number of nitrogens with one attached hydrogen (secondary N) is 1. The smallest absolute Gasteiger partial charge is 0.239 e. The molecular formula is C18H25N5O. The Morgan fingerprint density at radius 2 is 2.04 bits per heavy atom. The fraction of sp³-hybridized carbons (Fsp3) is 0.444. The van der Waals surface area contributed by atoms with Crippen molar-refractivity contribution in [3.8, 4) is 0 Å². The molecular weight excluding hydrogens is 302 g/mol. The van der Waals surface area contributed by atoms with Crippen molar-refractivity contribution in [1.29, 1.82) is 0 Å². The van der Waals surface area contributed by atoms with Gasteiger partial charge in [0, 0.05) is 37.9 Å². The second-order valence-corrected chi connectivity index (χ2v) is 6.51. The summed E-state index contributed by atoms with van der Waals surface area (Å²) in [5.74, 6) is 0.606. The average molecular weight is 327 g/mol. The van der Waals surface area contributed by atoms with E-state index in [1.807, 2.05) is 35.1 Å². The molecule has 6 nitrogen and oxygen atoms in total. The first kappa shape index (κ1) is 16.7. The first-order valence-corrected chi connectivity index (χ1v) is 8.40. The van der Waals surface area contributed by atoms with Crippen LogP contribution in [0.4, 0.5) is 5.82 Å². The lowest BCUT2D eigenvalue weighted by atomic mass is 10.2. The highest BCUT2D eigenvalue weighted by atomic mass is 16.2. The number of carbonyl (C=O) groups is 1. The molecule has 1 fully saturated rings. The zero-order valence-electron chi connectivity index (χ0n) is 14.4. The highest BCUT2D eigenvalue weighted by molar-refractivity contribution is 5.91. The van der Waals surface area contributed by atoms with Crippen LogP contribution in [0.3, 0.4) is 0 Å². The molecule has 1 saturated heterocycles. The molecule has 1 aromatic carbocycles. The van der Waals surface area contributed by atoms with Crippen molar-refractivity contribution in [2.75, 3.05) is 38.5 Å². The number of rotatable bonds is 5. The van der Waals surface area contributed by atoms with E-state index in [0.29, 0.717) is 24.9 Å². The number of nitrogens with zero attached hydrogens (tertiary/aromatic N) is 4. The summed E-state index contributed by atoms with van der Waals surface area (Å²) < 4.78 is 1.84. The highest BCUT2D eigenvalue weighted by Gasteiger charge is 2.23. The Kier molecular flexibility index (Phi) is 5.27. The van der Waals surface area contributed by atoms with Gasteiger partial charge in [0.25, 0.3) is 0 Å². The molecule has 3 rings (SSSR count). The lowest BCUT2D eigenvalue weighted by Gasteiger charge is -2.37. The van der Waals surface area contributed by atoms with Gasteiger partial charge in [0.2, 0.25) is 5.91 Å². The van der Waals surface area contributed by atoms with Crippen LogP contribution in [-0.4, -0.2) is 64.8 Å². The Morgan fingerprint density at radius 1 is 1.25 bits per heavy atom. The van der Waals surface area contributed by atoms with Crippen molar-refractivity contribution in [1.82, 2.24) is 19.6 Å². The zero-order valence-corrected chi connectivity index (χ0v) is 14.4. The molecule has 0 radical (unpaired) electrons. The van der Waals surface area contributed by atoms with Crippen LogP contribution in [0.2, 0.25) is 0 Å². The van der Waals surface area contributed by atoms with Crippen LogP contribution < -0.4 is 5.32 Å². The molecule has 0 unspecified atom stereocenters. The Balaban J connectivity index is 1.52. The lowest BCUT2D eigenvalue weighted by molar-refractivity contribution is -0.118. The lowest BCUT2D eigenvalue weighted by Crippen LogP contribution is -2.52. The second-order valence-electron chi connectivity index (χ2n) is 6.51. The highest BCUT2D eigenvalue weighted by Crippen LogP contribution is 2.09. The molecule has 1 atom stereocenters. The van der Waals surface area contributed by atoms with Gasteiger partial charge in [-0.1, -0.05) is 30.3 Å². The van der Waals surface area contributed by atoms with E-state index in [1.54, 1.807) is 0 Å². The van der Waals surface area contributed by atoms with Gasteiger partial charge in [-0.3, -0.25) is 14.4 Å². The maximum Gasteiger partial charge on any atom is 0.239 e. The van der Waals surface area contributed by atoms with E-state index < -0.39 is 0 Å². The van der Waals surface area contributed by atoms with Crippen LogP contribution in [0.1, 0.15) is 12.5 Å². The summed E-state index contributed by atoms with van der Waals surface area (Å²) in [7, 11) is 2.12. The topological polar surface area (TPSA) is 53.4 Å². The molecule has 0 aliphatic carbocycles. The molecule has 2 aromatic rings. The number of piperazine rings is 1. The quantitative estimate of drug-likeness (QED) is 0.904. The third-order valence-corrected chi connectivity index (χ3v) is 4.41. The molecule has 128 valence electrons. The molecule has 24 heavy (non-hydrogen) atoms. The molecule has 0 bridgehead atoms. The minimum atomic E-state index is -0.00337. The van der Waals surface area contributed by atoms with Crippen LogP contribution >= 0.6 is 0 Å². The van der Waals surface area contributed by atoms with Crippen LogP contribution in [-0.2, 0) is 11.3 Å². The Morgan fingerprint density at radius 3 is 2.79 bits per heavy atom. The number of amides is 1. The number of likely N-dealkylation sites (N-methyl/N-ethyl adjacent to an activating group) is 1. The maximum absolute atomic E-state index is 12.3. The zero-order chi connectivity index (χ0) is 16.9. The van der Waals surface area contributed by atoms with Crippen molar-refractivity contribution in [3.63, 3.8) is 0 Å². The summed E-state index contributed by atoms with van der Waals surface area (Å²) in [5.41, 5.74) is 1.18. The molecule has 1 aromatic heterocycles. The molecule has 1 amide bonds. The normalized spacial score (nSPS) is 19.3. The van der Waals surface area contributed by atoms with Crippen molar-refractivity contribution < 1.29 is 4.79 Å². The van der Waals surface area contributed by atoms with Gasteiger partial charge in [0.15, 0.2) is 5.82 Å². The number of carbonyl (C=O) groups excluding carboxylic acids is 1. The van der Waals surface area contributed by atoms with Crippen molar-refractivity contribution in [2.45, 2.75) is 19.5 Å². The first-order chi connectivity index (χ1) is 11.6. The third kappa shape index (κ3) is 4.43. The molecule has 1 aliphatic heterocycles. The minimum absolute atomic E-state index is 0.00337. The third-order valence-electron chi connectivity index (χ3n) is 4.41. The second kappa shape index (κ2) is 7.59. The predicted octanol–water partition coefficient (Wildman–Crippen LogP) is 1.51. The standard InChI is InChI=1S/C18H25N5O/c1-15-12-21(2)10-11-22(15)14-18(24)19-17-8-9-23(20-17)13-16-6-4-3-5-7-16/h3-9,15H,10-14H2,1-2H3,(H,19,20,24)/t15-/m1/s1. The summed E-state index contributed by atoms with van der Waals surface area (Å²) in [6.07, 6.45) is 1.89. The summed E-state index contributed by atoms with van der Waals surface area (Å²) in [6, 6.07) is 12.4. The van der Waals surface area contributed by atoms with Crippen molar-refractivity contribution in [2.24, 2.45) is 0 Å². The molecule has 2 heterocycles. The van der Waals surface area contributed by atoms with Gasteiger partial charge < -0.3 is 10.2 Å². The largest absolute Gasteiger partial charge is 0.308 e. The average Bonchev–Trinajstić information content (AvgIpc) is 2.98. The number of benzene rings is 1. The summed E-state index contributed by atoms with van der Waals surface area (Å²) in [5, 5.41) is 7.33. The molecule has 6 heteroatoms. The van der Waals surface area contributed by atoms with Crippen LogP contribution in [0.5, 0.6) is 0 Å². The Hall–Kier alpha value is -2.18. The van der Waals surface area contributed by atoms with E-state index in [2.05, 4.69) is 46.3 Å². The van der Waals surface area contributed by atoms with Gasteiger partial charge in [0.1, 0.15) is 0 Å². The summed E-state index contributed by atoms with van der Waals surface area (Å²) >= 11 is 0. The van der Waals surface area contributed by atoms with E-state index in [0.717, 1.165) is 19.6 Å². The number of anilines is 1. The van der Waals surface area contributed by atoms with Gasteiger partial charge in [-0.25, -0.2) is 0 Å². The monoisotopic (exact) mass is 327 g/mol. The number of hydrogen-bond donors (Lipinski definition) is 1. The van der Waals surface area contributed by atoms with E-state index in [1.165, 1.54) is 5.56 Å². The Labute approximate surface area is 143 Å². The molecule has 0 saturated carbocycles. The number of hydrogen-bond acceptors (Lipinski definition) is 4. The molecule has 1 aliphatic rings. The van der Waals surface area contributed by atoms with Gasteiger partial charge >= 0.3 is 0 Å². The number of aromatic nitrogens is 2. The van der Waals surface area contributed by atoms with Crippen molar-refractivity contribution >= 4 is 11.7 Å². The maximum atomic E-state index is 12.3. The van der Waals surface area contributed by atoms with Crippen molar-refractivity contribution in [3.05, 3.63) is 48.2 Å². The first-order valence-electron chi connectivity index (χ1n) is 8.40. The van der Waals surface area contributed by atoms with E-state index in [9.17, 15) is 4.79 Å². The fourth-order valence-electron chi connectivity index (χ4n) is 3.07. The van der Waals surface area contributed by atoms with Gasteiger partial charge in [-0.2, -0.15) is 5.10 Å². The predicted molar refractivity (Wildman–Crippen MR) is 94.9 cm³/mol. The van der Waals surface area contributed by atoms with Gasteiger partial charge in [0.05, 0.1) is 13.1 Å². The Bertz CT molecular complexity index is 669. The summed E-state index contributed by atoms with van der Waals surface area (Å²) in [4.78, 5) is 16.8. The fourth-order valence-corrected chi connectivity index (χ4v) is 3.07. The molecule has 0 spiro atoms. The molecule has 1 N–H and O–H groups in total. The van der Waals surface area contributed by atoms with Crippen LogP contribution in [0, 0.1) is 0 Å². The van der Waals surface area contributed by atoms with Gasteiger partial charge in [-0.05, 0) is 19.5 Å². The van der Waals surface area contributed by atoms with Crippen LogP contribution in [0.25, 0.3) is 0 Å². The minimum Gasteiger partial charge on any atom is -0.308 e. The van der Waals surface area contributed by atoms with Crippen LogP contribution in [0.15, 0.2) is 42.6 Å². The SMILES string of the molecule is C[C@@H]1CN(C)CCN1CC(=O)Nc1ccn(Cc2ccccc2)n1. The van der Waals surface area contributed by atoms with E-state index in [4.69, 9.17) is 0 Å². The summed E-state index contributed by atoms with van der Waals surface area (Å²) in [6.45, 7) is 6.21. The van der Waals surface area contributed by atoms with E-state index >= 15 is 0 Å². The van der Waals surface area contributed by atoms with E-state index in [-0.39, 0.29) is 5.91 Å².